The third-order valence-electron chi connectivity index (χ3n) is 3.54. The first-order valence-corrected chi connectivity index (χ1v) is 4.87. The van der Waals surface area contributed by atoms with Crippen molar-refractivity contribution in [1.82, 2.24) is 0 Å². The topological polar surface area (TPSA) is 43.4 Å². The van der Waals surface area contributed by atoms with Crippen molar-refractivity contribution in [2.45, 2.75) is 26.2 Å². The highest BCUT2D eigenvalue weighted by Gasteiger charge is 2.55. The second kappa shape index (κ2) is 2.94. The fourth-order valence-electron chi connectivity index (χ4n) is 2.77. The lowest BCUT2D eigenvalue weighted by molar-refractivity contribution is -0.154. The molecule has 0 spiro atoms. The number of fused-ring (bicyclic) bond motifs is 1. The summed E-state index contributed by atoms with van der Waals surface area (Å²) in [6.07, 6.45) is 3.60. The molecule has 0 unspecified atom stereocenters. The van der Waals surface area contributed by atoms with Gasteiger partial charge in [0.2, 0.25) is 0 Å². The van der Waals surface area contributed by atoms with Crippen LogP contribution in [0.4, 0.5) is 0 Å². The van der Waals surface area contributed by atoms with Gasteiger partial charge in [-0.1, -0.05) is 11.6 Å². The summed E-state index contributed by atoms with van der Waals surface area (Å²) in [5.41, 5.74) is 0.622. The van der Waals surface area contributed by atoms with Gasteiger partial charge < -0.3 is 4.74 Å². The van der Waals surface area contributed by atoms with Crippen LogP contribution in [0.5, 0.6) is 0 Å². The number of carbonyl (C=O) groups is 2. The Morgan fingerprint density at radius 2 is 2.36 bits per heavy atom. The van der Waals surface area contributed by atoms with E-state index in [4.69, 9.17) is 4.74 Å². The highest BCUT2D eigenvalue weighted by atomic mass is 16.5. The van der Waals surface area contributed by atoms with Crippen LogP contribution in [0.15, 0.2) is 11.6 Å². The standard InChI is InChI=1S/C11H14O3/c1-7-3-4-11(10(13)14-2)6-8(12)5-9(7)11/h3,9H,4-6H2,1-2H3/t9-,11+/m1/s1. The summed E-state index contributed by atoms with van der Waals surface area (Å²) in [5.74, 6) is 0.0664. The van der Waals surface area contributed by atoms with Crippen molar-refractivity contribution in [2.75, 3.05) is 7.11 Å². The Morgan fingerprint density at radius 3 is 3.00 bits per heavy atom. The van der Waals surface area contributed by atoms with Gasteiger partial charge in [0, 0.05) is 18.8 Å². The van der Waals surface area contributed by atoms with Crippen molar-refractivity contribution >= 4 is 11.8 Å². The summed E-state index contributed by atoms with van der Waals surface area (Å²) >= 11 is 0. The van der Waals surface area contributed by atoms with E-state index < -0.39 is 5.41 Å². The van der Waals surface area contributed by atoms with Crippen LogP contribution < -0.4 is 0 Å². The molecule has 1 fully saturated rings. The zero-order valence-electron chi connectivity index (χ0n) is 8.50. The highest BCUT2D eigenvalue weighted by molar-refractivity contribution is 5.92. The smallest absolute Gasteiger partial charge is 0.313 e. The molecule has 2 aliphatic rings. The zero-order chi connectivity index (χ0) is 10.3. The molecule has 0 aromatic heterocycles. The molecule has 2 aliphatic carbocycles. The van der Waals surface area contributed by atoms with Gasteiger partial charge in [0.25, 0.3) is 0 Å². The van der Waals surface area contributed by atoms with Gasteiger partial charge in [-0.2, -0.15) is 0 Å². The molecular weight excluding hydrogens is 180 g/mol. The van der Waals surface area contributed by atoms with Gasteiger partial charge in [-0.05, 0) is 13.3 Å². The predicted molar refractivity (Wildman–Crippen MR) is 50.6 cm³/mol. The molecule has 0 amide bonds. The van der Waals surface area contributed by atoms with E-state index in [1.54, 1.807) is 0 Å². The number of rotatable bonds is 1. The van der Waals surface area contributed by atoms with E-state index in [-0.39, 0.29) is 17.7 Å². The molecule has 0 saturated heterocycles. The molecule has 0 aromatic carbocycles. The molecule has 14 heavy (non-hydrogen) atoms. The number of hydrogen-bond acceptors (Lipinski definition) is 3. The van der Waals surface area contributed by atoms with Crippen LogP contribution in [0.3, 0.4) is 0 Å². The minimum absolute atomic E-state index is 0.0995. The van der Waals surface area contributed by atoms with Crippen LogP contribution in [-0.4, -0.2) is 18.9 Å². The molecule has 3 nitrogen and oxygen atoms in total. The number of esters is 1. The Balaban J connectivity index is 2.35. The van der Waals surface area contributed by atoms with Crippen molar-refractivity contribution < 1.29 is 14.3 Å². The molecule has 0 radical (unpaired) electrons. The third kappa shape index (κ3) is 1.04. The second-order valence-corrected chi connectivity index (χ2v) is 4.27. The molecule has 2 rings (SSSR count). The summed E-state index contributed by atoms with van der Waals surface area (Å²) in [5, 5.41) is 0. The summed E-state index contributed by atoms with van der Waals surface area (Å²) in [7, 11) is 1.39. The van der Waals surface area contributed by atoms with Crippen molar-refractivity contribution in [3.8, 4) is 0 Å². The lowest BCUT2D eigenvalue weighted by Gasteiger charge is -2.25. The Morgan fingerprint density at radius 1 is 1.64 bits per heavy atom. The lowest BCUT2D eigenvalue weighted by Crippen LogP contribution is -2.33. The van der Waals surface area contributed by atoms with E-state index in [1.165, 1.54) is 12.7 Å². The molecule has 2 atom stereocenters. The van der Waals surface area contributed by atoms with Gasteiger partial charge in [-0.3, -0.25) is 9.59 Å². The number of methoxy groups -OCH3 is 1. The number of ether oxygens (including phenoxy) is 1. The van der Waals surface area contributed by atoms with E-state index >= 15 is 0 Å². The Labute approximate surface area is 83.1 Å². The molecule has 0 N–H and O–H groups in total. The van der Waals surface area contributed by atoms with Gasteiger partial charge in [0.05, 0.1) is 12.5 Å². The minimum atomic E-state index is -0.546. The van der Waals surface area contributed by atoms with Crippen molar-refractivity contribution in [3.63, 3.8) is 0 Å². The van der Waals surface area contributed by atoms with Gasteiger partial charge in [0.1, 0.15) is 5.78 Å². The fraction of sp³-hybridized carbons (Fsp3) is 0.636. The Hall–Kier alpha value is -1.12. The van der Waals surface area contributed by atoms with Crippen LogP contribution in [0.25, 0.3) is 0 Å². The first-order valence-electron chi connectivity index (χ1n) is 4.87. The zero-order valence-corrected chi connectivity index (χ0v) is 8.50. The van der Waals surface area contributed by atoms with E-state index in [0.29, 0.717) is 19.3 Å². The number of allylic oxidation sites excluding steroid dienone is 2. The highest BCUT2D eigenvalue weighted by Crippen LogP contribution is 2.53. The number of ketones is 1. The minimum Gasteiger partial charge on any atom is -0.469 e. The van der Waals surface area contributed by atoms with Gasteiger partial charge >= 0.3 is 5.97 Å². The molecular formula is C11H14O3. The van der Waals surface area contributed by atoms with Crippen LogP contribution in [-0.2, 0) is 14.3 Å². The van der Waals surface area contributed by atoms with E-state index in [9.17, 15) is 9.59 Å². The maximum Gasteiger partial charge on any atom is 0.313 e. The SMILES string of the molecule is COC(=O)[C@]12CC=C(C)[C@H]1CC(=O)C2. The van der Waals surface area contributed by atoms with E-state index in [0.717, 1.165) is 0 Å². The summed E-state index contributed by atoms with van der Waals surface area (Å²) in [4.78, 5) is 23.1. The van der Waals surface area contributed by atoms with Crippen LogP contribution in [0.2, 0.25) is 0 Å². The van der Waals surface area contributed by atoms with Crippen molar-refractivity contribution in [2.24, 2.45) is 11.3 Å². The van der Waals surface area contributed by atoms with Gasteiger partial charge in [-0.15, -0.1) is 0 Å². The largest absolute Gasteiger partial charge is 0.469 e. The molecule has 76 valence electrons. The molecule has 0 bridgehead atoms. The maximum atomic E-state index is 11.7. The Kier molecular flexibility index (Phi) is 1.98. The van der Waals surface area contributed by atoms with Gasteiger partial charge in [-0.25, -0.2) is 0 Å². The molecule has 0 heterocycles. The molecule has 0 aromatic rings. The average molecular weight is 194 g/mol. The summed E-state index contributed by atoms with van der Waals surface area (Å²) in [6.45, 7) is 1.99. The molecule has 3 heteroatoms. The number of hydrogen-bond donors (Lipinski definition) is 0. The lowest BCUT2D eigenvalue weighted by atomic mass is 9.78. The normalized spacial score (nSPS) is 35.4. The molecule has 0 aliphatic heterocycles. The average Bonchev–Trinajstić information content (AvgIpc) is 2.64. The Bertz CT molecular complexity index is 329. The fourth-order valence-corrected chi connectivity index (χ4v) is 2.77. The number of Topliss-reactive ketones (excluding diaryl/α,β-unsaturated/α-hetero) is 1. The van der Waals surface area contributed by atoms with Gasteiger partial charge in [0.15, 0.2) is 0 Å². The predicted octanol–water partition coefficient (Wildman–Crippen LogP) is 1.47. The number of carbonyl (C=O) groups excluding carboxylic acids is 2. The third-order valence-corrected chi connectivity index (χ3v) is 3.54. The summed E-state index contributed by atoms with van der Waals surface area (Å²) in [6, 6.07) is 0. The van der Waals surface area contributed by atoms with E-state index in [2.05, 4.69) is 6.08 Å². The first kappa shape index (κ1) is 9.44. The second-order valence-electron chi connectivity index (χ2n) is 4.27. The summed E-state index contributed by atoms with van der Waals surface area (Å²) < 4.78 is 4.81. The monoisotopic (exact) mass is 194 g/mol. The quantitative estimate of drug-likeness (QED) is 0.469. The van der Waals surface area contributed by atoms with Crippen LogP contribution in [0, 0.1) is 11.3 Å². The van der Waals surface area contributed by atoms with Crippen LogP contribution >= 0.6 is 0 Å². The van der Waals surface area contributed by atoms with Crippen molar-refractivity contribution in [3.05, 3.63) is 11.6 Å². The van der Waals surface area contributed by atoms with E-state index in [1.807, 2.05) is 6.92 Å². The van der Waals surface area contributed by atoms with Crippen LogP contribution in [0.1, 0.15) is 26.2 Å². The maximum absolute atomic E-state index is 11.7. The first-order chi connectivity index (χ1) is 6.60. The molecule has 1 saturated carbocycles. The van der Waals surface area contributed by atoms with Crippen molar-refractivity contribution in [1.29, 1.82) is 0 Å².